The highest BCUT2D eigenvalue weighted by molar-refractivity contribution is 5.93. The quantitative estimate of drug-likeness (QED) is 0.424. The van der Waals surface area contributed by atoms with E-state index in [1.54, 1.807) is 10.9 Å². The third-order valence-electron chi connectivity index (χ3n) is 6.13. The van der Waals surface area contributed by atoms with Crippen LogP contribution in [-0.4, -0.2) is 47.2 Å². The lowest BCUT2D eigenvalue weighted by Gasteiger charge is -2.29. The second kappa shape index (κ2) is 9.16. The summed E-state index contributed by atoms with van der Waals surface area (Å²) in [6.07, 6.45) is 5.30. The Morgan fingerprint density at radius 1 is 1.09 bits per heavy atom. The Morgan fingerprint density at radius 3 is 2.54 bits per heavy atom. The zero-order chi connectivity index (χ0) is 24.6. The monoisotopic (exact) mass is 486 g/mol. The molecule has 1 saturated carbocycles. The molecular formula is C23H25F3N8O. The Hall–Kier alpha value is -3.70. The van der Waals surface area contributed by atoms with E-state index < -0.39 is 17.8 Å². The van der Waals surface area contributed by atoms with Crippen molar-refractivity contribution in [2.45, 2.75) is 50.9 Å². The van der Waals surface area contributed by atoms with Gasteiger partial charge in [-0.1, -0.05) is 0 Å². The number of aromatic nitrogens is 7. The van der Waals surface area contributed by atoms with Gasteiger partial charge < -0.3 is 10.1 Å². The molecule has 1 aliphatic rings. The molecule has 1 aliphatic carbocycles. The van der Waals surface area contributed by atoms with Crippen LogP contribution < -0.4 is 10.1 Å². The van der Waals surface area contributed by atoms with Gasteiger partial charge in [-0.3, -0.25) is 9.36 Å². The lowest BCUT2D eigenvalue weighted by atomic mass is 9.93. The number of ether oxygens (including phenoxy) is 1. The molecule has 0 bridgehead atoms. The maximum atomic E-state index is 13.3. The molecule has 0 saturated heterocycles. The summed E-state index contributed by atoms with van der Waals surface area (Å²) < 4.78 is 49.2. The average molecular weight is 487 g/mol. The van der Waals surface area contributed by atoms with Crippen molar-refractivity contribution >= 4 is 16.7 Å². The van der Waals surface area contributed by atoms with Gasteiger partial charge in [0.05, 0.1) is 17.8 Å². The van der Waals surface area contributed by atoms with Crippen molar-refractivity contribution in [3.8, 4) is 17.1 Å². The number of rotatable bonds is 6. The minimum absolute atomic E-state index is 0.0728. The number of nitrogens with one attached hydrogen (secondary N) is 1. The molecule has 0 aliphatic heterocycles. The first kappa shape index (κ1) is 23.1. The summed E-state index contributed by atoms with van der Waals surface area (Å²) in [4.78, 5) is 11.7. The standard InChI is InChI=1S/C23H25F3N8O/c1-3-27-19-10-18-17(12-30-19)20(14-11-31-33(2)13-14)32-34(18)15-4-6-16(7-5-15)35-22-21(23(24,25)26)28-8-9-29-22/h8-13,15-16H,3-7H2,1-2H3,(H,27,30). The fraction of sp³-hybridized carbons (Fsp3) is 0.435. The molecule has 184 valence electrons. The van der Waals surface area contributed by atoms with E-state index in [0.717, 1.165) is 40.7 Å². The average Bonchev–Trinajstić information content (AvgIpc) is 3.43. The molecule has 4 aromatic rings. The number of hydrogen-bond acceptors (Lipinski definition) is 7. The highest BCUT2D eigenvalue weighted by Gasteiger charge is 2.38. The number of nitrogens with zero attached hydrogens (tertiary/aromatic N) is 7. The van der Waals surface area contributed by atoms with Crippen LogP contribution in [0.2, 0.25) is 0 Å². The smallest absolute Gasteiger partial charge is 0.438 e. The fourth-order valence-corrected chi connectivity index (χ4v) is 4.52. The van der Waals surface area contributed by atoms with Crippen molar-refractivity contribution in [3.05, 3.63) is 42.7 Å². The van der Waals surface area contributed by atoms with Crippen molar-refractivity contribution in [1.29, 1.82) is 0 Å². The molecule has 9 nitrogen and oxygen atoms in total. The highest BCUT2D eigenvalue weighted by atomic mass is 19.4. The molecule has 35 heavy (non-hydrogen) atoms. The Balaban J connectivity index is 1.39. The largest absolute Gasteiger partial charge is 0.473 e. The molecule has 5 rings (SSSR count). The fourth-order valence-electron chi connectivity index (χ4n) is 4.52. The summed E-state index contributed by atoms with van der Waals surface area (Å²) in [5, 5.41) is 13.4. The highest BCUT2D eigenvalue weighted by Crippen LogP contribution is 2.38. The van der Waals surface area contributed by atoms with Crippen molar-refractivity contribution in [3.63, 3.8) is 0 Å². The predicted octanol–water partition coefficient (Wildman–Crippen LogP) is 4.64. The Labute approximate surface area is 199 Å². The van der Waals surface area contributed by atoms with Gasteiger partial charge in [0, 0.05) is 55.4 Å². The van der Waals surface area contributed by atoms with E-state index in [-0.39, 0.29) is 12.1 Å². The van der Waals surface area contributed by atoms with Gasteiger partial charge in [0.15, 0.2) is 0 Å². The van der Waals surface area contributed by atoms with E-state index in [1.165, 1.54) is 6.20 Å². The maximum Gasteiger partial charge on any atom is 0.438 e. The molecule has 0 amide bonds. The molecule has 0 unspecified atom stereocenters. The Kier molecular flexibility index (Phi) is 6.03. The molecule has 0 aromatic carbocycles. The van der Waals surface area contributed by atoms with Crippen molar-refractivity contribution in [2.24, 2.45) is 7.05 Å². The molecule has 12 heteroatoms. The molecule has 1 fully saturated rings. The number of halogens is 3. The van der Waals surface area contributed by atoms with Gasteiger partial charge in [-0.25, -0.2) is 15.0 Å². The van der Waals surface area contributed by atoms with Gasteiger partial charge in [0.25, 0.3) is 0 Å². The van der Waals surface area contributed by atoms with Gasteiger partial charge in [0.2, 0.25) is 11.6 Å². The van der Waals surface area contributed by atoms with Crippen LogP contribution in [0.25, 0.3) is 22.2 Å². The second-order valence-corrected chi connectivity index (χ2v) is 8.57. The van der Waals surface area contributed by atoms with Crippen LogP contribution in [0.5, 0.6) is 5.88 Å². The molecule has 1 N–H and O–H groups in total. The van der Waals surface area contributed by atoms with Crippen molar-refractivity contribution < 1.29 is 17.9 Å². The van der Waals surface area contributed by atoms with Crippen LogP contribution in [0.3, 0.4) is 0 Å². The van der Waals surface area contributed by atoms with Crippen molar-refractivity contribution in [1.82, 2.24) is 34.5 Å². The minimum Gasteiger partial charge on any atom is -0.473 e. The third kappa shape index (κ3) is 4.64. The van der Waals surface area contributed by atoms with Crippen molar-refractivity contribution in [2.75, 3.05) is 11.9 Å². The summed E-state index contributed by atoms with van der Waals surface area (Å²) in [5.74, 6) is 0.298. The molecule has 0 spiro atoms. The zero-order valence-corrected chi connectivity index (χ0v) is 19.3. The van der Waals surface area contributed by atoms with Crippen LogP contribution in [0, 0.1) is 0 Å². The van der Waals surface area contributed by atoms with Gasteiger partial charge in [-0.2, -0.15) is 23.4 Å². The van der Waals surface area contributed by atoms with Gasteiger partial charge >= 0.3 is 6.18 Å². The molecular weight excluding hydrogens is 461 g/mol. The second-order valence-electron chi connectivity index (χ2n) is 8.57. The lowest BCUT2D eigenvalue weighted by molar-refractivity contribution is -0.143. The summed E-state index contributed by atoms with van der Waals surface area (Å²) in [5.41, 5.74) is 1.56. The number of pyridine rings is 1. The number of fused-ring (bicyclic) bond motifs is 1. The summed E-state index contributed by atoms with van der Waals surface area (Å²) in [6.45, 7) is 2.75. The summed E-state index contributed by atoms with van der Waals surface area (Å²) in [6, 6.07) is 2.06. The first-order valence-electron chi connectivity index (χ1n) is 11.5. The van der Waals surface area contributed by atoms with E-state index in [4.69, 9.17) is 9.84 Å². The van der Waals surface area contributed by atoms with Gasteiger partial charge in [-0.05, 0) is 32.6 Å². The van der Waals surface area contributed by atoms with Crippen LogP contribution in [0.1, 0.15) is 44.3 Å². The van der Waals surface area contributed by atoms with E-state index in [1.807, 2.05) is 37.1 Å². The van der Waals surface area contributed by atoms with Crippen LogP contribution in [-0.2, 0) is 13.2 Å². The summed E-state index contributed by atoms with van der Waals surface area (Å²) >= 11 is 0. The normalized spacial score (nSPS) is 18.7. The van der Waals surface area contributed by atoms with E-state index >= 15 is 0 Å². The van der Waals surface area contributed by atoms with E-state index in [2.05, 4.69) is 25.4 Å². The Morgan fingerprint density at radius 2 is 1.86 bits per heavy atom. The van der Waals surface area contributed by atoms with Gasteiger partial charge in [-0.15, -0.1) is 0 Å². The topological polar surface area (TPSA) is 95.6 Å². The first-order valence-corrected chi connectivity index (χ1v) is 11.5. The maximum absolute atomic E-state index is 13.3. The number of aryl methyl sites for hydroxylation is 1. The third-order valence-corrected chi connectivity index (χ3v) is 6.13. The molecule has 4 heterocycles. The van der Waals surface area contributed by atoms with Crippen LogP contribution in [0.15, 0.2) is 37.1 Å². The molecule has 0 atom stereocenters. The van der Waals surface area contributed by atoms with E-state index in [9.17, 15) is 13.2 Å². The molecule has 0 radical (unpaired) electrons. The zero-order valence-electron chi connectivity index (χ0n) is 19.3. The predicted molar refractivity (Wildman–Crippen MR) is 123 cm³/mol. The van der Waals surface area contributed by atoms with Gasteiger partial charge in [0.1, 0.15) is 17.6 Å². The van der Waals surface area contributed by atoms with Crippen LogP contribution >= 0.6 is 0 Å². The van der Waals surface area contributed by atoms with Crippen LogP contribution in [0.4, 0.5) is 19.0 Å². The lowest BCUT2D eigenvalue weighted by Crippen LogP contribution is -2.27. The molecule has 4 aromatic heterocycles. The first-order chi connectivity index (χ1) is 16.8. The number of hydrogen-bond donors (Lipinski definition) is 1. The number of alkyl halides is 3. The Bertz CT molecular complexity index is 1320. The summed E-state index contributed by atoms with van der Waals surface area (Å²) in [7, 11) is 1.85. The van der Waals surface area contributed by atoms with E-state index in [0.29, 0.717) is 25.7 Å². The SMILES string of the molecule is CCNc1cc2c(cn1)c(-c1cnn(C)c1)nn2C1CCC(Oc2nccnc2C(F)(F)F)CC1. The number of anilines is 1. The minimum atomic E-state index is -4.62.